The molecule has 4 heterocycles. The van der Waals surface area contributed by atoms with Crippen LogP contribution in [0.3, 0.4) is 0 Å². The Morgan fingerprint density at radius 3 is 3.17 bits per heavy atom. The van der Waals surface area contributed by atoms with E-state index in [0.29, 0.717) is 12.1 Å². The van der Waals surface area contributed by atoms with Crippen molar-refractivity contribution in [2.75, 3.05) is 6.54 Å². The highest BCUT2D eigenvalue weighted by Crippen LogP contribution is 2.53. The minimum absolute atomic E-state index is 0.198. The molecule has 1 spiro atoms. The molecule has 4 heteroatoms. The molecule has 1 aliphatic carbocycles. The minimum Gasteiger partial charge on any atom is -0.449 e. The Morgan fingerprint density at radius 2 is 2.30 bits per heavy atom. The van der Waals surface area contributed by atoms with Crippen LogP contribution in [0.25, 0.3) is 0 Å². The molecule has 0 radical (unpaired) electrons. The summed E-state index contributed by atoms with van der Waals surface area (Å²) in [5.74, 6) is 6.35. The van der Waals surface area contributed by atoms with Crippen LogP contribution in [0.15, 0.2) is 40.1 Å². The Balaban J connectivity index is 1.60. The fraction of sp³-hybridized carbons (Fsp3) is 0.421. The van der Waals surface area contributed by atoms with Gasteiger partial charge in [-0.3, -0.25) is 4.90 Å². The van der Waals surface area contributed by atoms with Crippen LogP contribution in [0.1, 0.15) is 31.2 Å². The zero-order valence-electron chi connectivity index (χ0n) is 12.7. The second kappa shape index (κ2) is 4.83. The van der Waals surface area contributed by atoms with Gasteiger partial charge in [-0.25, -0.2) is 4.79 Å². The number of rotatable bonds is 0. The van der Waals surface area contributed by atoms with E-state index in [0.717, 1.165) is 36.1 Å². The topological polar surface area (TPSA) is 29.5 Å². The first-order valence-corrected chi connectivity index (χ1v) is 9.18. The highest BCUT2D eigenvalue weighted by molar-refractivity contribution is 7.08. The normalized spacial score (nSPS) is 34.7. The van der Waals surface area contributed by atoms with E-state index >= 15 is 0 Å². The molecule has 3 aliphatic heterocycles. The van der Waals surface area contributed by atoms with Gasteiger partial charge in [-0.05, 0) is 30.8 Å². The third kappa shape index (κ3) is 1.90. The summed E-state index contributed by atoms with van der Waals surface area (Å²) < 4.78 is 5.90. The van der Waals surface area contributed by atoms with Crippen LogP contribution in [0.4, 0.5) is 0 Å². The third-order valence-electron chi connectivity index (χ3n) is 5.53. The van der Waals surface area contributed by atoms with Gasteiger partial charge in [0, 0.05) is 40.6 Å². The van der Waals surface area contributed by atoms with Crippen LogP contribution in [0, 0.1) is 11.8 Å². The fourth-order valence-corrected chi connectivity index (χ4v) is 5.23. The number of esters is 1. The average molecular weight is 323 g/mol. The molecule has 1 aromatic rings. The van der Waals surface area contributed by atoms with Crippen LogP contribution in [0.5, 0.6) is 0 Å². The van der Waals surface area contributed by atoms with Gasteiger partial charge >= 0.3 is 5.97 Å². The lowest BCUT2D eigenvalue weighted by molar-refractivity contribution is -0.148. The number of fused-ring (bicyclic) bond motifs is 3. The van der Waals surface area contributed by atoms with E-state index < -0.39 is 5.60 Å². The van der Waals surface area contributed by atoms with Gasteiger partial charge in [-0.1, -0.05) is 24.3 Å². The molecule has 0 amide bonds. The zero-order valence-corrected chi connectivity index (χ0v) is 13.6. The smallest absolute Gasteiger partial charge is 0.332 e. The second-order valence-corrected chi connectivity index (χ2v) is 7.51. The van der Waals surface area contributed by atoms with Crippen LogP contribution in [-0.4, -0.2) is 35.1 Å². The number of piperidine rings is 1. The maximum atomic E-state index is 12.1. The number of carbonyl (C=O) groups is 1. The van der Waals surface area contributed by atoms with Crippen molar-refractivity contribution in [3.63, 3.8) is 0 Å². The molecule has 3 nitrogen and oxygen atoms in total. The molecule has 2 fully saturated rings. The Bertz CT molecular complexity index is 795. The van der Waals surface area contributed by atoms with Crippen molar-refractivity contribution in [2.24, 2.45) is 0 Å². The van der Waals surface area contributed by atoms with Gasteiger partial charge in [0.2, 0.25) is 0 Å². The van der Waals surface area contributed by atoms with Crippen molar-refractivity contribution < 1.29 is 9.53 Å². The zero-order chi connectivity index (χ0) is 15.4. The number of carbonyl (C=O) groups excluding carboxylic acids is 1. The second-order valence-electron chi connectivity index (χ2n) is 6.73. The molecule has 1 aromatic heterocycles. The number of thiophene rings is 1. The lowest BCUT2D eigenvalue weighted by Gasteiger charge is -2.38. The molecule has 0 saturated carbocycles. The lowest BCUT2D eigenvalue weighted by Crippen LogP contribution is -2.48. The van der Waals surface area contributed by atoms with Gasteiger partial charge in [0.15, 0.2) is 5.60 Å². The molecule has 2 saturated heterocycles. The van der Waals surface area contributed by atoms with Gasteiger partial charge in [0.1, 0.15) is 0 Å². The van der Waals surface area contributed by atoms with Gasteiger partial charge in [0.05, 0.1) is 6.04 Å². The summed E-state index contributed by atoms with van der Waals surface area (Å²) in [5.41, 5.74) is 2.62. The van der Waals surface area contributed by atoms with Crippen molar-refractivity contribution in [1.29, 1.82) is 0 Å². The fourth-order valence-electron chi connectivity index (χ4n) is 4.65. The molecule has 3 atom stereocenters. The summed E-state index contributed by atoms with van der Waals surface area (Å²) in [6, 6.07) is 2.71. The van der Waals surface area contributed by atoms with Crippen molar-refractivity contribution in [1.82, 2.24) is 4.90 Å². The summed E-state index contributed by atoms with van der Waals surface area (Å²) in [7, 11) is 0. The van der Waals surface area contributed by atoms with Gasteiger partial charge < -0.3 is 4.74 Å². The van der Waals surface area contributed by atoms with Crippen molar-refractivity contribution >= 4 is 17.3 Å². The van der Waals surface area contributed by atoms with Gasteiger partial charge in [-0.15, -0.1) is 0 Å². The molecular formula is C19H17NO2S. The van der Waals surface area contributed by atoms with E-state index in [1.54, 1.807) is 17.4 Å². The molecule has 116 valence electrons. The van der Waals surface area contributed by atoms with Crippen LogP contribution in [0.2, 0.25) is 0 Å². The van der Waals surface area contributed by atoms with Crippen molar-refractivity contribution in [3.05, 3.63) is 45.7 Å². The summed E-state index contributed by atoms with van der Waals surface area (Å²) in [6.07, 6.45) is 8.41. The highest BCUT2D eigenvalue weighted by atomic mass is 32.1. The molecule has 0 N–H and O–H groups in total. The van der Waals surface area contributed by atoms with Gasteiger partial charge in [-0.2, -0.15) is 11.3 Å². The first-order chi connectivity index (χ1) is 11.3. The summed E-state index contributed by atoms with van der Waals surface area (Å²) >= 11 is 1.65. The van der Waals surface area contributed by atoms with E-state index in [-0.39, 0.29) is 5.97 Å². The molecule has 0 unspecified atom stereocenters. The standard InChI is InChI=1S/C19H17NO2S/c21-18-10-16-14(5-4-13-6-8-23-12-13)9-15-11-19(16,22-18)17-3-1-2-7-20(15)17/h6,8-10,12,15,17H,1-3,7,11H2/t15-,17-,19+/m1/s1. The Labute approximate surface area is 139 Å². The largest absolute Gasteiger partial charge is 0.449 e. The molecule has 4 aliphatic rings. The van der Waals surface area contributed by atoms with Crippen LogP contribution in [-0.2, 0) is 9.53 Å². The first-order valence-electron chi connectivity index (χ1n) is 8.24. The average Bonchev–Trinajstić information content (AvgIpc) is 3.24. The lowest BCUT2D eigenvalue weighted by atomic mass is 9.77. The monoisotopic (exact) mass is 323 g/mol. The Morgan fingerprint density at radius 1 is 1.35 bits per heavy atom. The van der Waals surface area contributed by atoms with E-state index in [4.69, 9.17) is 4.74 Å². The predicted octanol–water partition coefficient (Wildman–Crippen LogP) is 2.89. The van der Waals surface area contributed by atoms with Crippen LogP contribution < -0.4 is 0 Å². The molecule has 2 bridgehead atoms. The SMILES string of the molecule is O=C1C=C2C(C#Cc3ccsc3)=C[C@@H]3C[C@@]2(O1)[C@H]1CCCCN31. The van der Waals surface area contributed by atoms with E-state index in [1.165, 1.54) is 12.8 Å². The summed E-state index contributed by atoms with van der Waals surface area (Å²) in [5, 5.41) is 4.08. The van der Waals surface area contributed by atoms with Crippen LogP contribution >= 0.6 is 11.3 Å². The quantitative estimate of drug-likeness (QED) is 0.543. The number of hydrogen-bond donors (Lipinski definition) is 0. The minimum atomic E-state index is -0.435. The van der Waals surface area contributed by atoms with E-state index in [2.05, 4.69) is 28.2 Å². The Kier molecular flexibility index (Phi) is 2.86. The van der Waals surface area contributed by atoms with Crippen molar-refractivity contribution in [3.8, 4) is 11.8 Å². The van der Waals surface area contributed by atoms with E-state index in [9.17, 15) is 4.79 Å². The highest BCUT2D eigenvalue weighted by Gasteiger charge is 2.61. The molecule has 23 heavy (non-hydrogen) atoms. The number of hydrogen-bond acceptors (Lipinski definition) is 4. The third-order valence-corrected chi connectivity index (χ3v) is 6.22. The molecule has 0 aromatic carbocycles. The van der Waals surface area contributed by atoms with Crippen molar-refractivity contribution in [2.45, 2.75) is 43.4 Å². The number of nitrogens with zero attached hydrogens (tertiary/aromatic N) is 1. The summed E-state index contributed by atoms with van der Waals surface area (Å²) in [6.45, 7) is 1.10. The Hall–Kier alpha value is -1.83. The maximum absolute atomic E-state index is 12.1. The maximum Gasteiger partial charge on any atom is 0.332 e. The first kappa shape index (κ1) is 13.6. The number of ether oxygens (including phenoxy) is 1. The van der Waals surface area contributed by atoms with Gasteiger partial charge in [0.25, 0.3) is 0 Å². The summed E-state index contributed by atoms with van der Waals surface area (Å²) in [4.78, 5) is 14.6. The van der Waals surface area contributed by atoms with E-state index in [1.807, 2.05) is 11.4 Å². The molecule has 5 rings (SSSR count). The predicted molar refractivity (Wildman–Crippen MR) is 88.9 cm³/mol. The molecular weight excluding hydrogens is 306 g/mol.